The summed E-state index contributed by atoms with van der Waals surface area (Å²) in [6.45, 7) is 19.3. The van der Waals surface area contributed by atoms with Gasteiger partial charge in [-0.15, -0.1) is 0 Å². The van der Waals surface area contributed by atoms with Gasteiger partial charge < -0.3 is 4.74 Å². The molecule has 1 aromatic heterocycles. The minimum Gasteiger partial charge on any atom is -0.481 e. The normalized spacial score (nSPS) is 16.5. The molecule has 47 heavy (non-hydrogen) atoms. The molecule has 0 amide bonds. The van der Waals surface area contributed by atoms with Crippen molar-refractivity contribution >= 4 is 17.1 Å². The van der Waals surface area contributed by atoms with Crippen LogP contribution in [0.3, 0.4) is 0 Å². The fourth-order valence-corrected chi connectivity index (χ4v) is 6.83. The predicted molar refractivity (Wildman–Crippen MR) is 206 cm³/mol. The number of methoxy groups -OCH3 is 1. The maximum atomic E-state index is 5.68. The Morgan fingerprint density at radius 1 is 0.915 bits per heavy atom. The van der Waals surface area contributed by atoms with Gasteiger partial charge in [-0.05, 0) is 108 Å². The molecule has 0 spiro atoms. The van der Waals surface area contributed by atoms with Gasteiger partial charge in [-0.1, -0.05) is 117 Å². The number of aryl methyl sites for hydroxylation is 3. The summed E-state index contributed by atoms with van der Waals surface area (Å²) < 4.78 is 5.68. The molecule has 252 valence electrons. The van der Waals surface area contributed by atoms with Crippen molar-refractivity contribution in [3.8, 4) is 17.0 Å². The average Bonchev–Trinajstić information content (AvgIpc) is 3.12. The standard InChI is InChI=1S/C40H48N2O.2C2H6/c1-7-12-31-17-18-34-23-32(31)15-10-13-30-14-11-16-33(22-30)36-25-39(43-6)42-38-20-19-35(24-37(36)38)40(34,21-8-2)29(5)27-41-26-28(4)9-3;2*1-2/h11,14,16-20,22-28H,7-10,12-13,15,21H2,1-6H3;2*1-2H3/b29-27+,41-26?;;. The molecule has 1 aliphatic rings. The van der Waals surface area contributed by atoms with Gasteiger partial charge >= 0.3 is 0 Å². The predicted octanol–water partition coefficient (Wildman–Crippen LogP) is 12.5. The lowest BCUT2D eigenvalue weighted by Crippen LogP contribution is -2.30. The van der Waals surface area contributed by atoms with Crippen molar-refractivity contribution < 1.29 is 4.74 Å². The van der Waals surface area contributed by atoms with Gasteiger partial charge in [0, 0.05) is 29.3 Å². The van der Waals surface area contributed by atoms with Crippen LogP contribution >= 0.6 is 0 Å². The van der Waals surface area contributed by atoms with Crippen molar-refractivity contribution in [2.45, 2.75) is 119 Å². The second-order valence-corrected chi connectivity index (χ2v) is 12.4. The second-order valence-electron chi connectivity index (χ2n) is 12.4. The molecular formula is C44H60N2O. The minimum absolute atomic E-state index is 0.307. The molecule has 0 saturated carbocycles. The second kappa shape index (κ2) is 18.6. The van der Waals surface area contributed by atoms with Gasteiger partial charge in [0.25, 0.3) is 0 Å². The van der Waals surface area contributed by atoms with E-state index in [0.717, 1.165) is 62.3 Å². The first-order chi connectivity index (χ1) is 22.9. The lowest BCUT2D eigenvalue weighted by atomic mass is 9.66. The summed E-state index contributed by atoms with van der Waals surface area (Å²) in [6, 6.07) is 25.4. The van der Waals surface area contributed by atoms with Gasteiger partial charge in [-0.2, -0.15) is 0 Å². The fraction of sp³-hybridized carbons (Fsp3) is 0.455. The number of benzene rings is 3. The number of pyridine rings is 1. The number of aliphatic imine (C=N–C) groups is 1. The zero-order valence-electron chi connectivity index (χ0n) is 31.0. The Morgan fingerprint density at radius 2 is 1.66 bits per heavy atom. The van der Waals surface area contributed by atoms with Crippen LogP contribution in [0.2, 0.25) is 0 Å². The van der Waals surface area contributed by atoms with E-state index in [1.807, 2.05) is 27.7 Å². The summed E-state index contributed by atoms with van der Waals surface area (Å²) in [6.07, 6.45) is 12.9. The van der Waals surface area contributed by atoms with E-state index >= 15 is 0 Å². The first-order valence-electron chi connectivity index (χ1n) is 18.3. The molecule has 0 N–H and O–H groups in total. The van der Waals surface area contributed by atoms with Crippen LogP contribution in [0.1, 0.15) is 122 Å². The molecule has 1 heterocycles. The highest BCUT2D eigenvalue weighted by molar-refractivity contribution is 5.96. The van der Waals surface area contributed by atoms with E-state index in [1.165, 1.54) is 44.5 Å². The minimum atomic E-state index is -0.307. The first kappa shape index (κ1) is 37.7. The number of ether oxygens (including phenoxy) is 1. The largest absolute Gasteiger partial charge is 0.481 e. The first-order valence-corrected chi connectivity index (χ1v) is 18.3. The molecule has 0 radical (unpaired) electrons. The molecule has 3 nitrogen and oxygen atoms in total. The van der Waals surface area contributed by atoms with Gasteiger partial charge in [0.1, 0.15) is 0 Å². The van der Waals surface area contributed by atoms with E-state index in [2.05, 4.69) is 114 Å². The highest BCUT2D eigenvalue weighted by Crippen LogP contribution is 2.46. The SMILES string of the molecule is CC.CC.CCCc1ccc2cc1CCCc1cccc(c1)-c1cc(OC)nc3ccc(cc13)C2(CCC)/C(C)=C/N=CC(C)CC. The molecule has 2 unspecified atom stereocenters. The zero-order chi connectivity index (χ0) is 34.4. The van der Waals surface area contributed by atoms with E-state index < -0.39 is 0 Å². The van der Waals surface area contributed by atoms with Crippen molar-refractivity contribution in [1.29, 1.82) is 0 Å². The topological polar surface area (TPSA) is 34.5 Å². The van der Waals surface area contributed by atoms with Crippen LogP contribution in [0.5, 0.6) is 5.88 Å². The summed E-state index contributed by atoms with van der Waals surface area (Å²) >= 11 is 0. The molecule has 6 bridgehead atoms. The van der Waals surface area contributed by atoms with Gasteiger partial charge in [-0.3, -0.25) is 4.99 Å². The van der Waals surface area contributed by atoms with Gasteiger partial charge in [0.05, 0.1) is 12.6 Å². The Hall–Kier alpha value is -3.72. The molecule has 5 rings (SSSR count). The molecule has 2 atom stereocenters. The van der Waals surface area contributed by atoms with Crippen molar-refractivity contribution in [3.05, 3.63) is 106 Å². The number of hydrogen-bond donors (Lipinski definition) is 0. The number of rotatable bonds is 9. The van der Waals surface area contributed by atoms with Crippen LogP contribution in [0.25, 0.3) is 22.0 Å². The summed E-state index contributed by atoms with van der Waals surface area (Å²) in [5.41, 5.74) is 11.3. The molecule has 1 aliphatic carbocycles. The Morgan fingerprint density at radius 3 is 2.36 bits per heavy atom. The number of allylic oxidation sites excluding steroid dienone is 1. The molecular weight excluding hydrogens is 572 g/mol. The van der Waals surface area contributed by atoms with E-state index in [4.69, 9.17) is 14.7 Å². The van der Waals surface area contributed by atoms with Crippen LogP contribution < -0.4 is 4.74 Å². The van der Waals surface area contributed by atoms with E-state index in [9.17, 15) is 0 Å². The summed E-state index contributed by atoms with van der Waals surface area (Å²) in [4.78, 5) is 9.77. The van der Waals surface area contributed by atoms with Crippen LogP contribution in [0, 0.1) is 5.92 Å². The van der Waals surface area contributed by atoms with Crippen molar-refractivity contribution in [3.63, 3.8) is 0 Å². The average molecular weight is 633 g/mol. The third-order valence-corrected chi connectivity index (χ3v) is 9.41. The van der Waals surface area contributed by atoms with Gasteiger partial charge in [0.15, 0.2) is 0 Å². The molecule has 3 aromatic carbocycles. The van der Waals surface area contributed by atoms with E-state index in [-0.39, 0.29) is 5.41 Å². The number of hydrogen-bond acceptors (Lipinski definition) is 3. The Balaban J connectivity index is 0.00000144. The molecule has 3 heteroatoms. The molecule has 4 aromatic rings. The van der Waals surface area contributed by atoms with E-state index in [1.54, 1.807) is 7.11 Å². The van der Waals surface area contributed by atoms with Crippen LogP contribution in [0.4, 0.5) is 0 Å². The Bertz CT molecular complexity index is 1630. The summed E-state index contributed by atoms with van der Waals surface area (Å²) in [5, 5.41) is 1.16. The molecule has 0 fully saturated rings. The van der Waals surface area contributed by atoms with Crippen LogP contribution in [-0.4, -0.2) is 18.3 Å². The number of aromatic nitrogens is 1. The molecule has 0 saturated heterocycles. The summed E-state index contributed by atoms with van der Waals surface area (Å²) in [7, 11) is 1.70. The fourth-order valence-electron chi connectivity index (χ4n) is 6.83. The van der Waals surface area contributed by atoms with Gasteiger partial charge in [-0.25, -0.2) is 4.98 Å². The smallest absolute Gasteiger partial charge is 0.214 e. The highest BCUT2D eigenvalue weighted by Gasteiger charge is 2.36. The van der Waals surface area contributed by atoms with E-state index in [0.29, 0.717) is 11.8 Å². The molecule has 0 aliphatic heterocycles. The number of fused-ring (bicyclic) bond motifs is 6. The summed E-state index contributed by atoms with van der Waals surface area (Å²) in [5.74, 6) is 1.10. The van der Waals surface area contributed by atoms with Gasteiger partial charge in [0.2, 0.25) is 5.88 Å². The zero-order valence-corrected chi connectivity index (χ0v) is 31.0. The lowest BCUT2D eigenvalue weighted by molar-refractivity contribution is 0.400. The van der Waals surface area contributed by atoms with Crippen molar-refractivity contribution in [2.75, 3.05) is 7.11 Å². The Labute approximate surface area is 286 Å². The van der Waals surface area contributed by atoms with Crippen LogP contribution in [-0.2, 0) is 24.7 Å². The maximum absolute atomic E-state index is 5.68. The highest BCUT2D eigenvalue weighted by atomic mass is 16.5. The third-order valence-electron chi connectivity index (χ3n) is 9.41. The maximum Gasteiger partial charge on any atom is 0.214 e. The van der Waals surface area contributed by atoms with Crippen molar-refractivity contribution in [2.24, 2.45) is 10.9 Å². The number of nitrogens with zero attached hydrogens (tertiary/aromatic N) is 2. The quantitative estimate of drug-likeness (QED) is 0.172. The third kappa shape index (κ3) is 8.61. The lowest BCUT2D eigenvalue weighted by Gasteiger charge is -2.37. The van der Waals surface area contributed by atoms with Crippen molar-refractivity contribution in [1.82, 2.24) is 4.98 Å². The van der Waals surface area contributed by atoms with Crippen LogP contribution in [0.15, 0.2) is 83.5 Å². The monoisotopic (exact) mass is 632 g/mol. The Kier molecular flexibility index (Phi) is 14.9.